The Hall–Kier alpha value is -1.79. The maximum absolute atomic E-state index is 13.0. The lowest BCUT2D eigenvalue weighted by atomic mass is 10.0. The average Bonchev–Trinajstić information content (AvgIpc) is 2.60. The van der Waals surface area contributed by atoms with E-state index in [0.717, 1.165) is 12.8 Å². The summed E-state index contributed by atoms with van der Waals surface area (Å²) in [6, 6.07) is 5.28. The number of carboxylic acid groups (broad SMARTS) is 1. The fraction of sp³-hybridized carbons (Fsp3) is 0.579. The van der Waals surface area contributed by atoms with Crippen LogP contribution in [0.3, 0.4) is 0 Å². The van der Waals surface area contributed by atoms with Gasteiger partial charge in [-0.2, -0.15) is 0 Å². The summed E-state index contributed by atoms with van der Waals surface area (Å²) >= 11 is 6.08. The van der Waals surface area contributed by atoms with E-state index < -0.39 is 5.97 Å². The Kier molecular flexibility index (Phi) is 7.29. The zero-order valence-electron chi connectivity index (χ0n) is 15.6. The van der Waals surface area contributed by atoms with Gasteiger partial charge in [0.15, 0.2) is 0 Å². The normalized spacial score (nSPS) is 15.5. The van der Waals surface area contributed by atoms with Gasteiger partial charge in [0.1, 0.15) is 5.75 Å². The van der Waals surface area contributed by atoms with E-state index in [1.807, 2.05) is 25.7 Å². The highest BCUT2D eigenvalue weighted by Crippen LogP contribution is 2.27. The Balaban J connectivity index is 2.06. The van der Waals surface area contributed by atoms with Crippen molar-refractivity contribution in [1.82, 2.24) is 9.80 Å². The van der Waals surface area contributed by atoms with Gasteiger partial charge < -0.3 is 14.7 Å². The first-order valence-electron chi connectivity index (χ1n) is 9.03. The van der Waals surface area contributed by atoms with Gasteiger partial charge in [0.2, 0.25) is 0 Å². The number of hydrogen-bond donors (Lipinski definition) is 1. The number of likely N-dealkylation sites (tertiary alicyclic amines) is 1. The summed E-state index contributed by atoms with van der Waals surface area (Å²) < 4.78 is 5.75. The molecule has 7 heteroatoms. The highest BCUT2D eigenvalue weighted by Gasteiger charge is 2.29. The molecule has 0 radical (unpaired) electrons. The smallest absolute Gasteiger partial charge is 0.317 e. The molecule has 1 aromatic carbocycles. The van der Waals surface area contributed by atoms with Crippen LogP contribution < -0.4 is 4.74 Å². The maximum Gasteiger partial charge on any atom is 0.317 e. The van der Waals surface area contributed by atoms with Crippen molar-refractivity contribution in [2.45, 2.75) is 45.8 Å². The molecule has 26 heavy (non-hydrogen) atoms. The van der Waals surface area contributed by atoms with E-state index >= 15 is 0 Å². The molecule has 1 amide bonds. The largest absolute Gasteiger partial charge is 0.490 e. The second-order valence-electron chi connectivity index (χ2n) is 6.79. The summed E-state index contributed by atoms with van der Waals surface area (Å²) in [6.07, 6.45) is 1.48. The Labute approximate surface area is 159 Å². The van der Waals surface area contributed by atoms with Gasteiger partial charge in [-0.25, -0.2) is 0 Å². The summed E-state index contributed by atoms with van der Waals surface area (Å²) in [4.78, 5) is 27.7. The van der Waals surface area contributed by atoms with Gasteiger partial charge in [-0.3, -0.25) is 14.5 Å². The number of amides is 1. The Morgan fingerprint density at radius 1 is 1.35 bits per heavy atom. The highest BCUT2D eigenvalue weighted by molar-refractivity contribution is 6.31. The van der Waals surface area contributed by atoms with Gasteiger partial charge in [0, 0.05) is 24.2 Å². The van der Waals surface area contributed by atoms with Crippen LogP contribution in [0.25, 0.3) is 0 Å². The fourth-order valence-corrected chi connectivity index (χ4v) is 3.48. The number of hydrogen-bond acceptors (Lipinski definition) is 4. The highest BCUT2D eigenvalue weighted by atomic mass is 35.5. The molecule has 1 aliphatic heterocycles. The van der Waals surface area contributed by atoms with E-state index in [-0.39, 0.29) is 24.6 Å². The number of nitrogens with zero attached hydrogens (tertiary/aromatic N) is 2. The summed E-state index contributed by atoms with van der Waals surface area (Å²) in [5.74, 6) is -0.375. The number of ether oxygens (including phenoxy) is 1. The molecule has 1 aliphatic rings. The molecule has 0 bridgehead atoms. The van der Waals surface area contributed by atoms with Crippen molar-refractivity contribution in [3.63, 3.8) is 0 Å². The molecule has 6 nitrogen and oxygen atoms in total. The second-order valence-corrected chi connectivity index (χ2v) is 7.22. The lowest BCUT2D eigenvalue weighted by molar-refractivity contribution is -0.139. The quantitative estimate of drug-likeness (QED) is 0.784. The number of likely N-dealkylation sites (N-methyl/N-ethyl adjacent to an activating group) is 1. The third-order valence-corrected chi connectivity index (χ3v) is 4.78. The van der Waals surface area contributed by atoms with Crippen molar-refractivity contribution < 1.29 is 19.4 Å². The van der Waals surface area contributed by atoms with E-state index in [0.29, 0.717) is 36.0 Å². The number of piperidine rings is 1. The van der Waals surface area contributed by atoms with E-state index in [2.05, 4.69) is 0 Å². The van der Waals surface area contributed by atoms with Crippen LogP contribution in [0, 0.1) is 0 Å². The number of benzene rings is 1. The van der Waals surface area contributed by atoms with Gasteiger partial charge in [0.05, 0.1) is 18.2 Å². The van der Waals surface area contributed by atoms with Crippen molar-refractivity contribution in [2.75, 3.05) is 26.2 Å². The van der Waals surface area contributed by atoms with Gasteiger partial charge in [-0.05, 0) is 51.4 Å². The van der Waals surface area contributed by atoms with E-state index in [9.17, 15) is 9.59 Å². The van der Waals surface area contributed by atoms with Gasteiger partial charge in [-0.1, -0.05) is 18.5 Å². The molecule has 1 N–H and O–H groups in total. The van der Waals surface area contributed by atoms with Crippen LogP contribution in [-0.4, -0.2) is 65.1 Å². The van der Waals surface area contributed by atoms with Crippen LogP contribution in [0.5, 0.6) is 5.75 Å². The van der Waals surface area contributed by atoms with Crippen LogP contribution in [0.4, 0.5) is 0 Å². The standard InChI is InChI=1S/C19H27ClN2O4/c1-4-21(12-18(23)24)15-7-9-22(10-8-15)19(25)16-11-14(20)5-6-17(16)26-13(2)3/h5-6,11,13,15H,4,7-10,12H2,1-3H3,(H,23,24). The molecule has 0 saturated carbocycles. The van der Waals surface area contributed by atoms with Gasteiger partial charge >= 0.3 is 5.97 Å². The summed E-state index contributed by atoms with van der Waals surface area (Å²) in [5.41, 5.74) is 0.475. The van der Waals surface area contributed by atoms with Crippen molar-refractivity contribution in [1.29, 1.82) is 0 Å². The monoisotopic (exact) mass is 382 g/mol. The number of aliphatic carboxylic acids is 1. The molecule has 0 atom stereocenters. The van der Waals surface area contributed by atoms with Crippen molar-refractivity contribution >= 4 is 23.5 Å². The van der Waals surface area contributed by atoms with Crippen LogP contribution in [0.1, 0.15) is 44.0 Å². The second kappa shape index (κ2) is 9.24. The summed E-state index contributed by atoms with van der Waals surface area (Å²) in [6.45, 7) is 7.69. The average molecular weight is 383 g/mol. The lowest BCUT2D eigenvalue weighted by Gasteiger charge is -2.37. The first kappa shape index (κ1) is 20.5. The summed E-state index contributed by atoms with van der Waals surface area (Å²) in [7, 11) is 0. The SMILES string of the molecule is CCN(CC(=O)O)C1CCN(C(=O)c2cc(Cl)ccc2OC(C)C)CC1. The number of carbonyl (C=O) groups excluding carboxylic acids is 1. The van der Waals surface area contributed by atoms with Crippen molar-refractivity contribution in [3.05, 3.63) is 28.8 Å². The molecule has 0 aromatic heterocycles. The molecular formula is C19H27ClN2O4. The predicted octanol–water partition coefficient (Wildman–Crippen LogP) is 3.14. The number of carbonyl (C=O) groups is 2. The molecule has 0 aliphatic carbocycles. The zero-order valence-corrected chi connectivity index (χ0v) is 16.3. The van der Waals surface area contributed by atoms with Crippen molar-refractivity contribution in [3.8, 4) is 5.75 Å². The molecule has 144 valence electrons. The minimum absolute atomic E-state index is 0.0375. The predicted molar refractivity (Wildman–Crippen MR) is 101 cm³/mol. The first-order chi connectivity index (χ1) is 12.3. The van der Waals surface area contributed by atoms with Gasteiger partial charge in [-0.15, -0.1) is 0 Å². The Morgan fingerprint density at radius 3 is 2.54 bits per heavy atom. The minimum Gasteiger partial charge on any atom is -0.490 e. The van der Waals surface area contributed by atoms with Crippen LogP contribution in [0.2, 0.25) is 5.02 Å². The third-order valence-electron chi connectivity index (χ3n) is 4.55. The molecule has 1 fully saturated rings. The van der Waals surface area contributed by atoms with Crippen molar-refractivity contribution in [2.24, 2.45) is 0 Å². The molecule has 0 unspecified atom stereocenters. The van der Waals surface area contributed by atoms with Crippen LogP contribution >= 0.6 is 11.6 Å². The molecular weight excluding hydrogens is 356 g/mol. The van der Waals surface area contributed by atoms with Gasteiger partial charge in [0.25, 0.3) is 5.91 Å². The number of rotatable bonds is 7. The minimum atomic E-state index is -0.820. The Morgan fingerprint density at radius 2 is 2.00 bits per heavy atom. The lowest BCUT2D eigenvalue weighted by Crippen LogP contribution is -2.48. The maximum atomic E-state index is 13.0. The summed E-state index contributed by atoms with van der Waals surface area (Å²) in [5, 5.41) is 9.53. The zero-order chi connectivity index (χ0) is 19.3. The molecule has 0 spiro atoms. The molecule has 1 heterocycles. The van der Waals surface area contributed by atoms with Crippen LogP contribution in [0.15, 0.2) is 18.2 Å². The fourth-order valence-electron chi connectivity index (χ4n) is 3.30. The number of halogens is 1. The van der Waals surface area contributed by atoms with Crippen LogP contribution in [-0.2, 0) is 4.79 Å². The topological polar surface area (TPSA) is 70.1 Å². The molecule has 1 aromatic rings. The molecule has 1 saturated heterocycles. The third kappa shape index (κ3) is 5.35. The van der Waals surface area contributed by atoms with E-state index in [1.54, 1.807) is 23.1 Å². The Bertz CT molecular complexity index is 642. The van der Waals surface area contributed by atoms with E-state index in [1.165, 1.54) is 0 Å². The van der Waals surface area contributed by atoms with E-state index in [4.69, 9.17) is 21.4 Å². The first-order valence-corrected chi connectivity index (χ1v) is 9.41. The molecule has 2 rings (SSSR count). The number of carboxylic acids is 1.